The highest BCUT2D eigenvalue weighted by molar-refractivity contribution is 5.74. The predicted molar refractivity (Wildman–Crippen MR) is 94.2 cm³/mol. The Kier molecular flexibility index (Phi) is 6.31. The molecule has 0 spiro atoms. The number of rotatable bonds is 5. The molecule has 128 valence electrons. The lowest BCUT2D eigenvalue weighted by Crippen LogP contribution is -2.49. The van der Waals surface area contributed by atoms with Crippen molar-refractivity contribution in [2.75, 3.05) is 19.7 Å². The molecule has 1 fully saturated rings. The van der Waals surface area contributed by atoms with E-state index in [4.69, 9.17) is 4.74 Å². The van der Waals surface area contributed by atoms with Crippen molar-refractivity contribution in [3.05, 3.63) is 28.8 Å². The number of hydrogen-bond acceptors (Lipinski definition) is 2. The maximum atomic E-state index is 12.3. The Balaban J connectivity index is 1.79. The van der Waals surface area contributed by atoms with Gasteiger partial charge in [-0.05, 0) is 69.2 Å². The average molecular weight is 318 g/mol. The van der Waals surface area contributed by atoms with E-state index in [1.54, 1.807) is 0 Å². The molecule has 0 aromatic heterocycles. The van der Waals surface area contributed by atoms with Crippen LogP contribution in [0.2, 0.25) is 0 Å². The summed E-state index contributed by atoms with van der Waals surface area (Å²) in [5.41, 5.74) is 3.65. The topological polar surface area (TPSA) is 41.6 Å². The first-order chi connectivity index (χ1) is 11.0. The van der Waals surface area contributed by atoms with Gasteiger partial charge in [0.25, 0.3) is 0 Å². The molecule has 1 unspecified atom stereocenters. The highest BCUT2D eigenvalue weighted by Gasteiger charge is 2.24. The van der Waals surface area contributed by atoms with Crippen LogP contribution >= 0.6 is 0 Å². The number of likely N-dealkylation sites (tertiary alicyclic amines) is 1. The van der Waals surface area contributed by atoms with E-state index >= 15 is 0 Å². The summed E-state index contributed by atoms with van der Waals surface area (Å²) in [4.78, 5) is 14.3. The van der Waals surface area contributed by atoms with Gasteiger partial charge in [0.1, 0.15) is 12.4 Å². The number of piperidine rings is 1. The molecule has 1 N–H and O–H groups in total. The number of hydrogen-bond donors (Lipinski definition) is 1. The van der Waals surface area contributed by atoms with E-state index in [0.29, 0.717) is 19.2 Å². The van der Waals surface area contributed by atoms with E-state index in [1.165, 1.54) is 17.5 Å². The van der Waals surface area contributed by atoms with Crippen molar-refractivity contribution < 1.29 is 9.53 Å². The van der Waals surface area contributed by atoms with Gasteiger partial charge in [0.2, 0.25) is 0 Å². The lowest BCUT2D eigenvalue weighted by molar-refractivity contribution is 0.147. The van der Waals surface area contributed by atoms with Crippen LogP contribution in [0.1, 0.15) is 49.3 Å². The third-order valence-electron chi connectivity index (χ3n) is 4.79. The van der Waals surface area contributed by atoms with Gasteiger partial charge in [0, 0.05) is 12.6 Å². The van der Waals surface area contributed by atoms with Crippen molar-refractivity contribution in [2.24, 2.45) is 0 Å². The summed E-state index contributed by atoms with van der Waals surface area (Å²) in [7, 11) is 0. The second-order valence-electron chi connectivity index (χ2n) is 6.53. The second-order valence-corrected chi connectivity index (χ2v) is 6.53. The van der Waals surface area contributed by atoms with Crippen molar-refractivity contribution >= 4 is 6.03 Å². The summed E-state index contributed by atoms with van der Waals surface area (Å²) >= 11 is 0. The Bertz CT molecular complexity index is 542. The molecule has 0 saturated carbocycles. The molecule has 1 atom stereocenters. The number of nitrogens with one attached hydrogen (secondary N) is 1. The third kappa shape index (κ3) is 4.63. The lowest BCUT2D eigenvalue weighted by Gasteiger charge is -2.35. The molecule has 1 heterocycles. The molecule has 1 aliphatic rings. The van der Waals surface area contributed by atoms with E-state index in [2.05, 4.69) is 45.1 Å². The standard InChI is InChI=1S/C19H30N2O2/c1-5-17-8-6-7-10-21(17)19(22)20-9-11-23-18-13-15(3)14(2)12-16(18)4/h12-13,17H,5-11H2,1-4H3,(H,20,22). The van der Waals surface area contributed by atoms with Crippen molar-refractivity contribution in [3.8, 4) is 5.75 Å². The highest BCUT2D eigenvalue weighted by atomic mass is 16.5. The number of benzene rings is 1. The van der Waals surface area contributed by atoms with Crippen LogP contribution in [0.25, 0.3) is 0 Å². The minimum absolute atomic E-state index is 0.0527. The van der Waals surface area contributed by atoms with Crippen molar-refractivity contribution in [3.63, 3.8) is 0 Å². The SMILES string of the molecule is CCC1CCCCN1C(=O)NCCOc1cc(C)c(C)cc1C. The Morgan fingerprint density at radius 3 is 2.70 bits per heavy atom. The molecule has 1 aliphatic heterocycles. The molecule has 2 amide bonds. The van der Waals surface area contributed by atoms with E-state index in [-0.39, 0.29) is 6.03 Å². The molecular formula is C19H30N2O2. The average Bonchev–Trinajstić information content (AvgIpc) is 2.55. The first-order valence-corrected chi connectivity index (χ1v) is 8.78. The highest BCUT2D eigenvalue weighted by Crippen LogP contribution is 2.22. The van der Waals surface area contributed by atoms with Gasteiger partial charge in [-0.15, -0.1) is 0 Å². The van der Waals surface area contributed by atoms with Crippen LogP contribution in [0.5, 0.6) is 5.75 Å². The van der Waals surface area contributed by atoms with Crippen LogP contribution in [0, 0.1) is 20.8 Å². The molecule has 4 nitrogen and oxygen atoms in total. The Hall–Kier alpha value is -1.71. The monoisotopic (exact) mass is 318 g/mol. The van der Waals surface area contributed by atoms with Crippen molar-refractivity contribution in [2.45, 2.75) is 59.4 Å². The van der Waals surface area contributed by atoms with Crippen LogP contribution in [0.15, 0.2) is 12.1 Å². The van der Waals surface area contributed by atoms with Crippen LogP contribution in [-0.4, -0.2) is 36.7 Å². The first-order valence-electron chi connectivity index (χ1n) is 8.78. The molecular weight excluding hydrogens is 288 g/mol. The van der Waals surface area contributed by atoms with Gasteiger partial charge in [-0.3, -0.25) is 0 Å². The number of carbonyl (C=O) groups is 1. The maximum Gasteiger partial charge on any atom is 0.317 e. The fourth-order valence-corrected chi connectivity index (χ4v) is 3.20. The smallest absolute Gasteiger partial charge is 0.317 e. The molecule has 4 heteroatoms. The third-order valence-corrected chi connectivity index (χ3v) is 4.79. The summed E-state index contributed by atoms with van der Waals surface area (Å²) in [5.74, 6) is 0.909. The zero-order valence-corrected chi connectivity index (χ0v) is 14.9. The first kappa shape index (κ1) is 17.6. The molecule has 1 aromatic carbocycles. The molecule has 0 bridgehead atoms. The van der Waals surface area contributed by atoms with E-state index in [9.17, 15) is 4.79 Å². The summed E-state index contributed by atoms with van der Waals surface area (Å²) in [6.07, 6.45) is 4.51. The molecule has 0 aliphatic carbocycles. The normalized spacial score (nSPS) is 17.9. The summed E-state index contributed by atoms with van der Waals surface area (Å²) in [5, 5.41) is 2.99. The van der Waals surface area contributed by atoms with Crippen LogP contribution in [-0.2, 0) is 0 Å². The molecule has 1 aromatic rings. The number of ether oxygens (including phenoxy) is 1. The minimum Gasteiger partial charge on any atom is -0.491 e. The minimum atomic E-state index is 0.0527. The van der Waals surface area contributed by atoms with Gasteiger partial charge >= 0.3 is 6.03 Å². The number of aryl methyl sites for hydroxylation is 3. The van der Waals surface area contributed by atoms with Crippen LogP contribution in [0.3, 0.4) is 0 Å². The van der Waals surface area contributed by atoms with Crippen molar-refractivity contribution in [1.29, 1.82) is 0 Å². The number of amides is 2. The Morgan fingerprint density at radius 2 is 1.96 bits per heavy atom. The van der Waals surface area contributed by atoms with Gasteiger partial charge in [-0.2, -0.15) is 0 Å². The molecule has 1 saturated heterocycles. The van der Waals surface area contributed by atoms with Crippen LogP contribution < -0.4 is 10.1 Å². The molecule has 2 rings (SSSR count). The van der Waals surface area contributed by atoms with Gasteiger partial charge < -0.3 is 15.0 Å². The van der Waals surface area contributed by atoms with E-state index in [1.807, 2.05) is 4.90 Å². The van der Waals surface area contributed by atoms with Gasteiger partial charge in [-0.1, -0.05) is 13.0 Å². The van der Waals surface area contributed by atoms with Gasteiger partial charge in [0.15, 0.2) is 0 Å². The van der Waals surface area contributed by atoms with Crippen LogP contribution in [0.4, 0.5) is 4.79 Å². The number of carbonyl (C=O) groups excluding carboxylic acids is 1. The van der Waals surface area contributed by atoms with Gasteiger partial charge in [0.05, 0.1) is 6.54 Å². The fraction of sp³-hybridized carbons (Fsp3) is 0.632. The summed E-state index contributed by atoms with van der Waals surface area (Å²) < 4.78 is 5.83. The molecule has 23 heavy (non-hydrogen) atoms. The zero-order chi connectivity index (χ0) is 16.8. The van der Waals surface area contributed by atoms with Crippen molar-refractivity contribution in [1.82, 2.24) is 10.2 Å². The molecule has 0 radical (unpaired) electrons. The van der Waals surface area contributed by atoms with Gasteiger partial charge in [-0.25, -0.2) is 4.79 Å². The lowest BCUT2D eigenvalue weighted by atomic mass is 10.0. The maximum absolute atomic E-state index is 12.3. The summed E-state index contributed by atoms with van der Waals surface area (Å²) in [6.45, 7) is 10.3. The van der Waals surface area contributed by atoms with E-state index in [0.717, 1.165) is 37.1 Å². The van der Waals surface area contributed by atoms with E-state index < -0.39 is 0 Å². The Labute approximate surface area is 140 Å². The largest absolute Gasteiger partial charge is 0.491 e. The quantitative estimate of drug-likeness (QED) is 0.835. The predicted octanol–water partition coefficient (Wildman–Crippen LogP) is 3.96. The number of nitrogens with zero attached hydrogens (tertiary/aromatic N) is 1. The zero-order valence-electron chi connectivity index (χ0n) is 14.9. The fourth-order valence-electron chi connectivity index (χ4n) is 3.20. The second kappa shape index (κ2) is 8.23. The Morgan fingerprint density at radius 1 is 1.22 bits per heavy atom. The summed E-state index contributed by atoms with van der Waals surface area (Å²) in [6, 6.07) is 4.66. The number of urea groups is 1.